The van der Waals surface area contributed by atoms with E-state index in [4.69, 9.17) is 10.5 Å². The zero-order chi connectivity index (χ0) is 14.0. The molecule has 1 fully saturated rings. The molecule has 0 saturated carbocycles. The molecule has 106 valence electrons. The summed E-state index contributed by atoms with van der Waals surface area (Å²) in [6, 6.07) is 5.39. The highest BCUT2D eigenvalue weighted by Crippen LogP contribution is 2.22. The lowest BCUT2D eigenvalue weighted by molar-refractivity contribution is -0.0502. The van der Waals surface area contributed by atoms with E-state index in [1.807, 2.05) is 6.07 Å². The maximum Gasteiger partial charge on any atom is 0.126 e. The Bertz CT molecular complexity index is 436. The van der Waals surface area contributed by atoms with Gasteiger partial charge in [0.2, 0.25) is 0 Å². The molecular weight excluding hydrogens is 243 g/mol. The smallest absolute Gasteiger partial charge is 0.126 e. The van der Waals surface area contributed by atoms with Gasteiger partial charge in [0, 0.05) is 19.1 Å². The molecule has 4 heteroatoms. The Hall–Kier alpha value is -0.970. The first-order chi connectivity index (χ1) is 8.99. The van der Waals surface area contributed by atoms with Crippen molar-refractivity contribution in [3.63, 3.8) is 0 Å². The fourth-order valence-electron chi connectivity index (χ4n) is 2.41. The maximum atomic E-state index is 13.6. The second kappa shape index (κ2) is 5.99. The van der Waals surface area contributed by atoms with Gasteiger partial charge in [0.05, 0.1) is 18.8 Å². The number of rotatable bonds is 3. The van der Waals surface area contributed by atoms with E-state index in [2.05, 4.69) is 18.7 Å². The largest absolute Gasteiger partial charge is 0.374 e. The fraction of sp³-hybridized carbons (Fsp3) is 0.600. The van der Waals surface area contributed by atoms with Gasteiger partial charge in [-0.3, -0.25) is 4.90 Å². The van der Waals surface area contributed by atoms with Gasteiger partial charge in [-0.15, -0.1) is 0 Å². The molecule has 0 spiro atoms. The molecule has 1 aromatic carbocycles. The molecule has 1 heterocycles. The molecule has 0 bridgehead atoms. The van der Waals surface area contributed by atoms with Crippen molar-refractivity contribution in [3.05, 3.63) is 35.1 Å². The summed E-state index contributed by atoms with van der Waals surface area (Å²) in [4.78, 5) is 2.35. The average Bonchev–Trinajstić information content (AvgIpc) is 2.41. The number of hydrogen-bond donors (Lipinski definition) is 1. The van der Waals surface area contributed by atoms with Crippen molar-refractivity contribution >= 4 is 0 Å². The Morgan fingerprint density at radius 3 is 2.79 bits per heavy atom. The molecule has 2 rings (SSSR count). The van der Waals surface area contributed by atoms with E-state index in [1.165, 1.54) is 6.07 Å². The van der Waals surface area contributed by atoms with Gasteiger partial charge in [-0.2, -0.15) is 0 Å². The van der Waals surface area contributed by atoms with Gasteiger partial charge < -0.3 is 10.5 Å². The van der Waals surface area contributed by atoms with Crippen molar-refractivity contribution < 1.29 is 9.13 Å². The standard InChI is InChI=1S/C15H23FN2O/c1-10(2)18-6-7-19-14(9-18)15(17)12-5-4-11(3)13(16)8-12/h4-5,8,10,14-15H,6-7,9,17H2,1-3H3. The van der Waals surface area contributed by atoms with E-state index < -0.39 is 0 Å². The zero-order valence-electron chi connectivity index (χ0n) is 11.9. The van der Waals surface area contributed by atoms with Crippen LogP contribution in [0.25, 0.3) is 0 Å². The molecule has 2 N–H and O–H groups in total. The van der Waals surface area contributed by atoms with Crippen LogP contribution in [0.3, 0.4) is 0 Å². The van der Waals surface area contributed by atoms with Gasteiger partial charge in [-0.1, -0.05) is 12.1 Å². The molecule has 0 aromatic heterocycles. The van der Waals surface area contributed by atoms with Crippen LogP contribution in [-0.4, -0.2) is 36.7 Å². The zero-order valence-corrected chi connectivity index (χ0v) is 11.9. The van der Waals surface area contributed by atoms with Crippen LogP contribution in [0.15, 0.2) is 18.2 Å². The minimum Gasteiger partial charge on any atom is -0.374 e. The molecule has 2 atom stereocenters. The van der Waals surface area contributed by atoms with E-state index in [9.17, 15) is 4.39 Å². The first-order valence-electron chi connectivity index (χ1n) is 6.86. The quantitative estimate of drug-likeness (QED) is 0.912. The Labute approximate surface area is 114 Å². The summed E-state index contributed by atoms with van der Waals surface area (Å²) in [6.45, 7) is 8.50. The van der Waals surface area contributed by atoms with Gasteiger partial charge in [0.1, 0.15) is 5.82 Å². The highest BCUT2D eigenvalue weighted by Gasteiger charge is 2.28. The second-order valence-corrected chi connectivity index (χ2v) is 5.53. The maximum absolute atomic E-state index is 13.6. The Morgan fingerprint density at radius 2 is 2.16 bits per heavy atom. The third kappa shape index (κ3) is 3.32. The van der Waals surface area contributed by atoms with Gasteiger partial charge in [0.15, 0.2) is 0 Å². The van der Waals surface area contributed by atoms with Crippen LogP contribution in [0.4, 0.5) is 4.39 Å². The van der Waals surface area contributed by atoms with Gasteiger partial charge >= 0.3 is 0 Å². The predicted octanol–water partition coefficient (Wildman–Crippen LogP) is 2.24. The number of hydrogen-bond acceptors (Lipinski definition) is 3. The van der Waals surface area contributed by atoms with Gasteiger partial charge in [-0.05, 0) is 38.0 Å². The normalized spacial score (nSPS) is 22.7. The van der Waals surface area contributed by atoms with Gasteiger partial charge in [0.25, 0.3) is 0 Å². The first-order valence-corrected chi connectivity index (χ1v) is 6.86. The molecular formula is C15H23FN2O. The van der Waals surface area contributed by atoms with Crippen molar-refractivity contribution in [3.8, 4) is 0 Å². The minimum atomic E-state index is -0.281. The molecule has 1 aliphatic rings. The predicted molar refractivity (Wildman–Crippen MR) is 74.5 cm³/mol. The number of nitrogens with two attached hydrogens (primary N) is 1. The third-order valence-corrected chi connectivity index (χ3v) is 3.84. The molecule has 0 radical (unpaired) electrons. The van der Waals surface area contributed by atoms with E-state index in [0.717, 1.165) is 18.7 Å². The number of ether oxygens (including phenoxy) is 1. The highest BCUT2D eigenvalue weighted by atomic mass is 19.1. The fourth-order valence-corrected chi connectivity index (χ4v) is 2.41. The van der Waals surface area contributed by atoms with Crippen LogP contribution in [0.1, 0.15) is 31.0 Å². The molecule has 19 heavy (non-hydrogen) atoms. The summed E-state index contributed by atoms with van der Waals surface area (Å²) in [5.74, 6) is -0.204. The van der Waals surface area contributed by atoms with Crippen LogP contribution < -0.4 is 5.73 Å². The van der Waals surface area contributed by atoms with Crippen molar-refractivity contribution in [2.75, 3.05) is 19.7 Å². The molecule has 0 aliphatic carbocycles. The van der Waals surface area contributed by atoms with Gasteiger partial charge in [-0.25, -0.2) is 4.39 Å². The Balaban J connectivity index is 2.10. The van der Waals surface area contributed by atoms with E-state index in [1.54, 1.807) is 13.0 Å². The molecule has 1 aliphatic heterocycles. The second-order valence-electron chi connectivity index (χ2n) is 5.53. The lowest BCUT2D eigenvalue weighted by atomic mass is 9.99. The topological polar surface area (TPSA) is 38.5 Å². The van der Waals surface area contributed by atoms with E-state index >= 15 is 0 Å². The Morgan fingerprint density at radius 1 is 1.42 bits per heavy atom. The molecule has 3 nitrogen and oxygen atoms in total. The van der Waals surface area contributed by atoms with Crippen LogP contribution in [-0.2, 0) is 4.74 Å². The summed E-state index contributed by atoms with van der Waals surface area (Å²) in [5, 5.41) is 0. The van der Waals surface area contributed by atoms with Crippen molar-refractivity contribution in [1.29, 1.82) is 0 Å². The number of halogens is 1. The van der Waals surface area contributed by atoms with Crippen LogP contribution >= 0.6 is 0 Å². The SMILES string of the molecule is Cc1ccc(C(N)C2CN(C(C)C)CCO2)cc1F. The molecule has 0 amide bonds. The van der Waals surface area contributed by atoms with Crippen LogP contribution in [0.5, 0.6) is 0 Å². The van der Waals surface area contributed by atoms with Crippen molar-refractivity contribution in [2.24, 2.45) is 5.73 Å². The Kier molecular flexibility index (Phi) is 4.55. The van der Waals surface area contributed by atoms with Crippen molar-refractivity contribution in [2.45, 2.75) is 39.0 Å². The number of benzene rings is 1. The molecule has 2 unspecified atom stereocenters. The summed E-state index contributed by atoms with van der Waals surface area (Å²) in [7, 11) is 0. The van der Waals surface area contributed by atoms with Crippen LogP contribution in [0.2, 0.25) is 0 Å². The summed E-state index contributed by atoms with van der Waals surface area (Å²) in [5.41, 5.74) is 7.68. The number of aryl methyl sites for hydroxylation is 1. The number of morpholine rings is 1. The molecule has 1 aromatic rings. The van der Waals surface area contributed by atoms with E-state index in [0.29, 0.717) is 18.2 Å². The molecule has 1 saturated heterocycles. The average molecular weight is 266 g/mol. The van der Waals surface area contributed by atoms with Crippen LogP contribution in [0, 0.1) is 12.7 Å². The lowest BCUT2D eigenvalue weighted by Crippen LogP contribution is -2.49. The summed E-state index contributed by atoms with van der Waals surface area (Å²) >= 11 is 0. The number of nitrogens with zero attached hydrogens (tertiary/aromatic N) is 1. The lowest BCUT2D eigenvalue weighted by Gasteiger charge is -2.38. The monoisotopic (exact) mass is 266 g/mol. The summed E-state index contributed by atoms with van der Waals surface area (Å²) in [6.07, 6.45) is -0.0711. The highest BCUT2D eigenvalue weighted by molar-refractivity contribution is 5.26. The van der Waals surface area contributed by atoms with Crippen molar-refractivity contribution in [1.82, 2.24) is 4.90 Å². The van der Waals surface area contributed by atoms with E-state index in [-0.39, 0.29) is 18.0 Å². The minimum absolute atomic E-state index is 0.0711. The summed E-state index contributed by atoms with van der Waals surface area (Å²) < 4.78 is 19.4. The third-order valence-electron chi connectivity index (χ3n) is 3.84. The first kappa shape index (κ1) is 14.4.